The molecule has 1 aliphatic rings. The number of carbonyl (C=O) groups is 2. The number of fused-ring (bicyclic) bond motifs is 2. The SMILES string of the molecule is [2H]c1c([2H])c([2H])c2c(c1[2H])c(C(=O)c1cccc3ccccc13)c([2H])n2CCCCCO[C@@H]1O[C@H](C(=O)O)[C@@H](O)[C@H](O)[C@H]1O. The highest BCUT2D eigenvalue weighted by molar-refractivity contribution is 6.21. The van der Waals surface area contributed by atoms with Gasteiger partial charge in [-0.15, -0.1) is 0 Å². The van der Waals surface area contributed by atoms with Crippen LogP contribution in [0.15, 0.2) is 72.8 Å². The van der Waals surface area contributed by atoms with Crippen LogP contribution in [-0.2, 0) is 20.8 Å². The topological polar surface area (TPSA) is 138 Å². The summed E-state index contributed by atoms with van der Waals surface area (Å²) in [5.74, 6) is -2.04. The van der Waals surface area contributed by atoms with Crippen LogP contribution in [0.2, 0.25) is 0 Å². The highest BCUT2D eigenvalue weighted by Gasteiger charge is 2.47. The first-order valence-corrected chi connectivity index (χ1v) is 12.6. The maximum atomic E-state index is 14.0. The Bertz CT molecular complexity index is 1740. The molecular weight excluding hydrogens is 502 g/mol. The summed E-state index contributed by atoms with van der Waals surface area (Å²) < 4.78 is 54.5. The first-order chi connectivity index (χ1) is 21.0. The van der Waals surface area contributed by atoms with E-state index >= 15 is 0 Å². The molecule has 4 aromatic rings. The molecule has 1 saturated heterocycles. The molecule has 0 aliphatic carbocycles. The number of unbranched alkanes of at least 4 members (excludes halogenated alkanes) is 2. The number of hydrogen-bond donors (Lipinski definition) is 4. The van der Waals surface area contributed by atoms with Crippen LogP contribution in [0.5, 0.6) is 0 Å². The van der Waals surface area contributed by atoms with Crippen molar-refractivity contribution in [3.8, 4) is 0 Å². The van der Waals surface area contributed by atoms with Crippen molar-refractivity contribution in [3.63, 3.8) is 0 Å². The number of benzene rings is 3. The first kappa shape index (κ1) is 21.2. The number of ether oxygens (including phenoxy) is 2. The van der Waals surface area contributed by atoms with Gasteiger partial charge in [-0.2, -0.15) is 0 Å². The Morgan fingerprint density at radius 1 is 0.897 bits per heavy atom. The number of aliphatic carboxylic acids is 1. The molecule has 5 atom stereocenters. The minimum Gasteiger partial charge on any atom is -0.479 e. The predicted octanol–water partition coefficient (Wildman–Crippen LogP) is 3.10. The van der Waals surface area contributed by atoms with Gasteiger partial charge < -0.3 is 34.5 Å². The van der Waals surface area contributed by atoms with E-state index in [1.54, 1.807) is 24.3 Å². The third kappa shape index (κ3) is 5.45. The van der Waals surface area contributed by atoms with Crippen molar-refractivity contribution in [2.24, 2.45) is 0 Å². The second kappa shape index (κ2) is 11.6. The van der Waals surface area contributed by atoms with E-state index in [1.807, 2.05) is 18.2 Å². The number of aryl methyl sites for hydroxylation is 1. The van der Waals surface area contributed by atoms with E-state index < -0.39 is 60.6 Å². The zero-order valence-electron chi connectivity index (χ0n) is 25.8. The molecule has 39 heavy (non-hydrogen) atoms. The van der Waals surface area contributed by atoms with Crippen molar-refractivity contribution in [1.82, 2.24) is 4.57 Å². The smallest absolute Gasteiger partial charge is 0.335 e. The Labute approximate surface area is 231 Å². The number of hydrogen-bond acceptors (Lipinski definition) is 7. The number of aliphatic hydroxyl groups is 3. The van der Waals surface area contributed by atoms with Crippen molar-refractivity contribution < 1.29 is 46.3 Å². The molecule has 1 aliphatic heterocycles. The second-order valence-electron chi connectivity index (χ2n) is 9.38. The molecule has 1 fully saturated rings. The van der Waals surface area contributed by atoms with E-state index in [9.17, 15) is 30.0 Å². The first-order valence-electron chi connectivity index (χ1n) is 15.1. The van der Waals surface area contributed by atoms with Crippen molar-refractivity contribution in [2.45, 2.75) is 56.5 Å². The summed E-state index contributed by atoms with van der Waals surface area (Å²) in [7, 11) is 0. The number of aromatic nitrogens is 1. The molecular formula is C30H31NO8. The molecule has 4 N–H and O–H groups in total. The van der Waals surface area contributed by atoms with Crippen LogP contribution in [0, 0.1) is 0 Å². The molecule has 204 valence electrons. The molecule has 0 bridgehead atoms. The molecule has 0 saturated carbocycles. The number of carbonyl (C=O) groups excluding carboxylic acids is 1. The summed E-state index contributed by atoms with van der Waals surface area (Å²) in [6.45, 7) is 0.149. The van der Waals surface area contributed by atoms with Crippen LogP contribution in [0.4, 0.5) is 0 Å². The van der Waals surface area contributed by atoms with Gasteiger partial charge in [0.05, 0.1) is 6.85 Å². The molecule has 5 rings (SSSR count). The summed E-state index contributed by atoms with van der Waals surface area (Å²) in [4.78, 5) is 25.2. The van der Waals surface area contributed by atoms with Gasteiger partial charge in [-0.25, -0.2) is 4.79 Å². The molecule has 9 heteroatoms. The number of rotatable bonds is 10. The highest BCUT2D eigenvalue weighted by Crippen LogP contribution is 2.28. The number of ketones is 1. The standard InChI is InChI=1S/C30H31NO8/c32-24(21-13-8-10-18-9-2-3-11-19(18)21)22-17-31(23-14-5-4-12-20(22)23)15-6-1-7-16-38-30-27(35)25(33)26(34)28(39-30)29(36)37/h2-5,8-14,17,25-28,30,33-35H,1,6-7,15-16H2,(H,36,37)/t25-,26-,27+,28-,30+/m0/s1/i4D,5D,12D,14D,17D. The molecule has 1 aromatic heterocycles. The number of nitrogens with zero attached hydrogens (tertiary/aromatic N) is 1. The lowest BCUT2D eigenvalue weighted by Gasteiger charge is -2.38. The van der Waals surface area contributed by atoms with Gasteiger partial charge in [0.2, 0.25) is 0 Å². The van der Waals surface area contributed by atoms with Gasteiger partial charge in [0, 0.05) is 41.4 Å². The van der Waals surface area contributed by atoms with E-state index in [0.29, 0.717) is 30.2 Å². The normalized spacial score (nSPS) is 25.1. The summed E-state index contributed by atoms with van der Waals surface area (Å²) >= 11 is 0. The summed E-state index contributed by atoms with van der Waals surface area (Å²) in [5.41, 5.74) is 0.269. The maximum absolute atomic E-state index is 14.0. The van der Waals surface area contributed by atoms with Gasteiger partial charge in [-0.1, -0.05) is 60.6 Å². The Morgan fingerprint density at radius 3 is 2.49 bits per heavy atom. The fourth-order valence-electron chi connectivity index (χ4n) is 4.76. The van der Waals surface area contributed by atoms with Gasteiger partial charge in [0.15, 0.2) is 18.2 Å². The van der Waals surface area contributed by atoms with Crippen LogP contribution in [-0.4, -0.2) is 74.1 Å². The average molecular weight is 539 g/mol. The largest absolute Gasteiger partial charge is 0.479 e. The van der Waals surface area contributed by atoms with E-state index in [2.05, 4.69) is 0 Å². The summed E-state index contributed by atoms with van der Waals surface area (Å²) in [5, 5.41) is 40.5. The molecule has 0 spiro atoms. The Balaban J connectivity index is 1.36. The zero-order valence-corrected chi connectivity index (χ0v) is 20.8. The Morgan fingerprint density at radius 2 is 1.67 bits per heavy atom. The van der Waals surface area contributed by atoms with Gasteiger partial charge >= 0.3 is 5.97 Å². The van der Waals surface area contributed by atoms with Crippen molar-refractivity contribution in [3.05, 3.63) is 83.9 Å². The Kier molecular flexibility index (Phi) is 6.35. The lowest BCUT2D eigenvalue weighted by molar-refractivity contribution is -0.294. The van der Waals surface area contributed by atoms with Crippen LogP contribution >= 0.6 is 0 Å². The number of aliphatic hydroxyl groups excluding tert-OH is 3. The van der Waals surface area contributed by atoms with Crippen molar-refractivity contribution in [2.75, 3.05) is 6.61 Å². The summed E-state index contributed by atoms with van der Waals surface area (Å²) in [6, 6.07) is 10.7. The zero-order chi connectivity index (χ0) is 31.9. The van der Waals surface area contributed by atoms with Crippen LogP contribution < -0.4 is 0 Å². The second-order valence-corrected chi connectivity index (χ2v) is 9.38. The third-order valence-electron chi connectivity index (χ3n) is 6.82. The fourth-order valence-corrected chi connectivity index (χ4v) is 4.76. The lowest BCUT2D eigenvalue weighted by Crippen LogP contribution is -2.60. The van der Waals surface area contributed by atoms with Crippen LogP contribution in [0.25, 0.3) is 21.7 Å². The lowest BCUT2D eigenvalue weighted by atomic mass is 9.97. The molecule has 0 radical (unpaired) electrons. The molecule has 2 heterocycles. The average Bonchev–Trinajstić information content (AvgIpc) is 3.31. The number of carboxylic acids is 1. The van der Waals surface area contributed by atoms with Gasteiger partial charge in [-0.05, 0) is 36.1 Å². The van der Waals surface area contributed by atoms with E-state index in [-0.39, 0.29) is 41.8 Å². The van der Waals surface area contributed by atoms with Gasteiger partial charge in [0.1, 0.15) is 18.3 Å². The molecule has 0 amide bonds. The van der Waals surface area contributed by atoms with Gasteiger partial charge in [0.25, 0.3) is 0 Å². The molecule has 9 nitrogen and oxygen atoms in total. The highest BCUT2D eigenvalue weighted by atomic mass is 16.7. The van der Waals surface area contributed by atoms with Gasteiger partial charge in [-0.3, -0.25) is 4.79 Å². The minimum atomic E-state index is -1.82. The van der Waals surface area contributed by atoms with E-state index in [4.69, 9.17) is 16.3 Å². The van der Waals surface area contributed by atoms with E-state index in [0.717, 1.165) is 5.39 Å². The van der Waals surface area contributed by atoms with Crippen LogP contribution in [0.1, 0.15) is 42.0 Å². The third-order valence-corrected chi connectivity index (χ3v) is 6.82. The minimum absolute atomic E-state index is 0.00148. The fraction of sp³-hybridized carbons (Fsp3) is 0.333. The quantitative estimate of drug-likeness (QED) is 0.179. The van der Waals surface area contributed by atoms with Crippen LogP contribution in [0.3, 0.4) is 0 Å². The number of para-hydroxylation sites is 1. The maximum Gasteiger partial charge on any atom is 0.335 e. The summed E-state index contributed by atoms with van der Waals surface area (Å²) in [6.07, 6.45) is -7.45. The van der Waals surface area contributed by atoms with Crippen molar-refractivity contribution in [1.29, 1.82) is 0 Å². The monoisotopic (exact) mass is 538 g/mol. The molecule has 0 unspecified atom stereocenters. The predicted molar refractivity (Wildman–Crippen MR) is 143 cm³/mol. The van der Waals surface area contributed by atoms with E-state index in [1.165, 1.54) is 4.57 Å². The Hall–Kier alpha value is -3.60. The molecule has 3 aromatic carbocycles. The van der Waals surface area contributed by atoms with Crippen molar-refractivity contribution >= 4 is 33.4 Å². The number of carboxylic acid groups (broad SMARTS) is 1.